The van der Waals surface area contributed by atoms with Gasteiger partial charge in [0.25, 0.3) is 0 Å². The Bertz CT molecular complexity index is 724. The molecule has 0 aromatic carbocycles. The van der Waals surface area contributed by atoms with Crippen molar-refractivity contribution in [3.8, 4) is 0 Å². The van der Waals surface area contributed by atoms with Crippen molar-refractivity contribution in [1.29, 1.82) is 0 Å². The van der Waals surface area contributed by atoms with E-state index in [-0.39, 0.29) is 0 Å². The maximum atomic E-state index is 2.55. The summed E-state index contributed by atoms with van der Waals surface area (Å²) in [7, 11) is 0. The van der Waals surface area contributed by atoms with E-state index in [1.54, 1.807) is 11.1 Å². The predicted octanol–water partition coefficient (Wildman–Crippen LogP) is 15.4. The van der Waals surface area contributed by atoms with Gasteiger partial charge in [-0.1, -0.05) is 213 Å². The Kier molecular flexibility index (Phi) is 33.3. The third-order valence-electron chi connectivity index (χ3n) is 10.6. The first kappa shape index (κ1) is 43.2. The molecule has 46 heavy (non-hydrogen) atoms. The lowest BCUT2D eigenvalue weighted by molar-refractivity contribution is -0.697. The van der Waals surface area contributed by atoms with Gasteiger partial charge in [0.1, 0.15) is 6.54 Å². The third kappa shape index (κ3) is 28.2. The summed E-state index contributed by atoms with van der Waals surface area (Å²) in [6.45, 7) is 8.15. The maximum absolute atomic E-state index is 2.55. The zero-order valence-corrected chi connectivity index (χ0v) is 32.3. The predicted molar refractivity (Wildman–Crippen MR) is 208 cm³/mol. The minimum absolute atomic E-state index is 1.21. The molecule has 270 valence electrons. The number of rotatable bonds is 37. The Morgan fingerprint density at radius 2 is 0.609 bits per heavy atom. The van der Waals surface area contributed by atoms with Crippen LogP contribution in [0, 0.1) is 0 Å². The number of unbranched alkanes of at least 4 members (excludes halogenated alkanes) is 31. The molecule has 0 unspecified atom stereocenters. The monoisotopic (exact) mass is 641 g/mol. The molecule has 0 fully saturated rings. The molecule has 0 aliphatic carbocycles. The molecule has 0 aliphatic heterocycles. The van der Waals surface area contributed by atoms with Crippen molar-refractivity contribution in [1.82, 2.24) is 0 Å². The van der Waals surface area contributed by atoms with E-state index in [0.717, 1.165) is 0 Å². The van der Waals surface area contributed by atoms with Crippen LogP contribution in [0.25, 0.3) is 0 Å². The lowest BCUT2D eigenvalue weighted by Gasteiger charge is -2.10. The topological polar surface area (TPSA) is 3.88 Å². The number of hydrogen-bond donors (Lipinski definition) is 0. The Balaban J connectivity index is 2.25. The smallest absolute Gasteiger partial charge is 0.172 e. The van der Waals surface area contributed by atoms with Crippen molar-refractivity contribution in [3.05, 3.63) is 29.6 Å². The molecule has 1 heteroatoms. The number of aryl methyl sites for hydroxylation is 3. The number of nitrogens with zero attached hydrogens (tertiary/aromatic N) is 1. The molecule has 1 aromatic rings. The molecule has 0 aliphatic rings. The van der Waals surface area contributed by atoms with Gasteiger partial charge in [0, 0.05) is 18.1 Å². The van der Waals surface area contributed by atoms with Crippen molar-refractivity contribution in [3.63, 3.8) is 0 Å². The molecule has 0 atom stereocenters. The summed E-state index contributed by atoms with van der Waals surface area (Å²) in [4.78, 5) is 0. The third-order valence-corrected chi connectivity index (χ3v) is 10.6. The average molecular weight is 641 g/mol. The maximum Gasteiger partial charge on any atom is 0.172 e. The largest absolute Gasteiger partial charge is 0.205 e. The molecule has 0 amide bonds. The highest BCUT2D eigenvalue weighted by molar-refractivity contribution is 5.21. The van der Waals surface area contributed by atoms with Crippen LogP contribution in [0.3, 0.4) is 0 Å². The van der Waals surface area contributed by atoms with E-state index >= 15 is 0 Å². The Hall–Kier alpha value is -0.850. The fourth-order valence-electron chi connectivity index (χ4n) is 7.32. The van der Waals surface area contributed by atoms with Crippen molar-refractivity contribution < 1.29 is 4.57 Å². The standard InChI is InChI=1S/C45H86N/c1-4-7-10-13-16-18-20-22-24-26-28-30-32-35-38-44-40-42-46(41-37-34-15-12-9-6-3)43-45(44)39-36-33-31-29-27-25-23-21-19-17-14-11-8-5-2/h40,42-43H,4-39,41H2,1-3H3/q+1. The summed E-state index contributed by atoms with van der Waals surface area (Å²) < 4.78 is 2.52. The first-order valence-corrected chi connectivity index (χ1v) is 21.8. The highest BCUT2D eigenvalue weighted by Crippen LogP contribution is 2.18. The Morgan fingerprint density at radius 1 is 0.326 bits per heavy atom. The van der Waals surface area contributed by atoms with Crippen LogP contribution in [-0.2, 0) is 19.4 Å². The summed E-state index contributed by atoms with van der Waals surface area (Å²) in [6, 6.07) is 2.50. The van der Waals surface area contributed by atoms with Gasteiger partial charge in [-0.2, -0.15) is 0 Å². The van der Waals surface area contributed by atoms with Gasteiger partial charge >= 0.3 is 0 Å². The molecule has 1 rings (SSSR count). The van der Waals surface area contributed by atoms with Gasteiger partial charge in [-0.05, 0) is 37.7 Å². The van der Waals surface area contributed by atoms with Crippen LogP contribution in [0.2, 0.25) is 0 Å². The van der Waals surface area contributed by atoms with Gasteiger partial charge in [0.15, 0.2) is 12.4 Å². The second kappa shape index (κ2) is 35.5. The fourth-order valence-corrected chi connectivity index (χ4v) is 7.32. The summed E-state index contributed by atoms with van der Waals surface area (Å²) in [5, 5.41) is 0. The van der Waals surface area contributed by atoms with Crippen LogP contribution >= 0.6 is 0 Å². The molecular weight excluding hydrogens is 555 g/mol. The van der Waals surface area contributed by atoms with Gasteiger partial charge in [-0.25, -0.2) is 4.57 Å². The minimum Gasteiger partial charge on any atom is -0.205 e. The molecule has 0 saturated carbocycles. The Morgan fingerprint density at radius 3 is 0.957 bits per heavy atom. The quantitative estimate of drug-likeness (QED) is 0.0503. The SMILES string of the molecule is CCCCCCCCCCCCCCCCc1cc[n+](CCCCCCCC)cc1CCCCCCCCCCCCCCCC. The molecule has 0 N–H and O–H groups in total. The number of hydrogen-bond acceptors (Lipinski definition) is 0. The van der Waals surface area contributed by atoms with Crippen LogP contribution in [0.5, 0.6) is 0 Å². The normalized spacial score (nSPS) is 11.5. The molecular formula is C45H86N+. The van der Waals surface area contributed by atoms with Crippen molar-refractivity contribution in [2.24, 2.45) is 0 Å². The minimum atomic E-state index is 1.21. The number of pyridine rings is 1. The van der Waals surface area contributed by atoms with Gasteiger partial charge in [0.05, 0.1) is 0 Å². The van der Waals surface area contributed by atoms with Gasteiger partial charge in [0.2, 0.25) is 0 Å². The first-order chi connectivity index (χ1) is 22.8. The zero-order valence-electron chi connectivity index (χ0n) is 32.3. The van der Waals surface area contributed by atoms with E-state index in [4.69, 9.17) is 0 Å². The van der Waals surface area contributed by atoms with Crippen LogP contribution in [0.4, 0.5) is 0 Å². The number of aromatic nitrogens is 1. The van der Waals surface area contributed by atoms with Gasteiger partial charge in [-0.15, -0.1) is 0 Å². The van der Waals surface area contributed by atoms with Crippen molar-refractivity contribution >= 4 is 0 Å². The molecule has 0 saturated heterocycles. The first-order valence-electron chi connectivity index (χ1n) is 21.8. The molecule has 1 nitrogen and oxygen atoms in total. The fraction of sp³-hybridized carbons (Fsp3) is 0.889. The zero-order chi connectivity index (χ0) is 33.0. The lowest BCUT2D eigenvalue weighted by atomic mass is 9.97. The Labute approximate surface area is 291 Å². The van der Waals surface area contributed by atoms with Crippen molar-refractivity contribution in [2.45, 2.75) is 258 Å². The van der Waals surface area contributed by atoms with Gasteiger partial charge < -0.3 is 0 Å². The summed E-state index contributed by atoms with van der Waals surface area (Å²) in [5.74, 6) is 0. The molecule has 1 aromatic heterocycles. The lowest BCUT2D eigenvalue weighted by Crippen LogP contribution is -2.34. The molecule has 0 spiro atoms. The summed E-state index contributed by atoms with van der Waals surface area (Å²) in [6.07, 6.45) is 56.3. The van der Waals surface area contributed by atoms with Crippen LogP contribution < -0.4 is 4.57 Å². The van der Waals surface area contributed by atoms with E-state index in [1.807, 2.05) is 0 Å². The van der Waals surface area contributed by atoms with Crippen molar-refractivity contribution in [2.75, 3.05) is 0 Å². The van der Waals surface area contributed by atoms with Gasteiger partial charge in [-0.3, -0.25) is 0 Å². The van der Waals surface area contributed by atoms with Crippen LogP contribution in [-0.4, -0.2) is 0 Å². The summed E-state index contributed by atoms with van der Waals surface area (Å²) in [5.41, 5.74) is 3.33. The average Bonchev–Trinajstić information content (AvgIpc) is 3.07. The second-order valence-corrected chi connectivity index (χ2v) is 15.2. The van der Waals surface area contributed by atoms with E-state index < -0.39 is 0 Å². The molecule has 0 radical (unpaired) electrons. The molecule has 0 bridgehead atoms. The van der Waals surface area contributed by atoms with Crippen LogP contribution in [0.1, 0.15) is 250 Å². The second-order valence-electron chi connectivity index (χ2n) is 15.2. The highest BCUT2D eigenvalue weighted by Gasteiger charge is 2.10. The van der Waals surface area contributed by atoms with E-state index in [1.165, 1.54) is 238 Å². The van der Waals surface area contributed by atoms with Crippen LogP contribution in [0.15, 0.2) is 18.5 Å². The molecule has 1 heterocycles. The highest BCUT2D eigenvalue weighted by atomic mass is 14.9. The summed E-state index contributed by atoms with van der Waals surface area (Å²) >= 11 is 0. The van der Waals surface area contributed by atoms with E-state index in [0.29, 0.717) is 0 Å². The van der Waals surface area contributed by atoms with E-state index in [9.17, 15) is 0 Å². The van der Waals surface area contributed by atoms with E-state index in [2.05, 4.69) is 43.8 Å².